The van der Waals surface area contributed by atoms with Crippen molar-refractivity contribution in [2.24, 2.45) is 10.9 Å². The molecule has 0 aliphatic carbocycles. The molecule has 2 rings (SSSR count). The standard InChI is InChI=1S/C22H33N3O6/c1-5-29-21(26)18(22(27)30-6-2)16-23-17-7-8-19(20(15-17)31-14-13-28-4)25-11-9-24(3)10-12-25/h7-8,15-16,18H,5-6,9-14H2,1-4H3. The number of hydrogen-bond acceptors (Lipinski definition) is 9. The van der Waals surface area contributed by atoms with E-state index in [-0.39, 0.29) is 13.2 Å². The van der Waals surface area contributed by atoms with E-state index in [1.165, 1.54) is 6.21 Å². The van der Waals surface area contributed by atoms with Gasteiger partial charge in [0.05, 0.1) is 31.2 Å². The van der Waals surface area contributed by atoms with Gasteiger partial charge in [-0.25, -0.2) is 0 Å². The van der Waals surface area contributed by atoms with Crippen molar-refractivity contribution in [1.82, 2.24) is 4.90 Å². The second-order valence-corrected chi connectivity index (χ2v) is 7.04. The molecule has 0 N–H and O–H groups in total. The first kappa shape index (κ1) is 24.6. The summed E-state index contributed by atoms with van der Waals surface area (Å²) in [5.41, 5.74) is 1.54. The van der Waals surface area contributed by atoms with Crippen LogP contribution in [0.15, 0.2) is 23.2 Å². The van der Waals surface area contributed by atoms with Gasteiger partial charge in [-0.15, -0.1) is 0 Å². The van der Waals surface area contributed by atoms with Crippen LogP contribution in [-0.2, 0) is 23.8 Å². The SMILES string of the molecule is CCOC(=O)C(C=Nc1ccc(N2CCN(C)CC2)c(OCCOC)c1)C(=O)OCC. The van der Waals surface area contributed by atoms with E-state index in [0.717, 1.165) is 31.9 Å². The van der Waals surface area contributed by atoms with Gasteiger partial charge < -0.3 is 28.7 Å². The Bertz CT molecular complexity index is 729. The minimum atomic E-state index is -1.21. The molecular formula is C22H33N3O6. The van der Waals surface area contributed by atoms with Gasteiger partial charge in [-0.05, 0) is 33.0 Å². The van der Waals surface area contributed by atoms with E-state index in [4.69, 9.17) is 18.9 Å². The van der Waals surface area contributed by atoms with E-state index in [9.17, 15) is 9.59 Å². The Morgan fingerprint density at radius 3 is 2.29 bits per heavy atom. The Morgan fingerprint density at radius 1 is 1.06 bits per heavy atom. The van der Waals surface area contributed by atoms with Crippen molar-refractivity contribution in [3.8, 4) is 5.75 Å². The number of nitrogens with zero attached hydrogens (tertiary/aromatic N) is 3. The van der Waals surface area contributed by atoms with Crippen LogP contribution in [0.2, 0.25) is 0 Å². The lowest BCUT2D eigenvalue weighted by molar-refractivity contribution is -0.157. The first-order chi connectivity index (χ1) is 15.0. The molecule has 1 aliphatic heterocycles. The van der Waals surface area contributed by atoms with Crippen molar-refractivity contribution < 1.29 is 28.5 Å². The number of carbonyl (C=O) groups is 2. The van der Waals surface area contributed by atoms with Crippen molar-refractivity contribution in [3.63, 3.8) is 0 Å². The van der Waals surface area contributed by atoms with Crippen molar-refractivity contribution in [2.45, 2.75) is 13.8 Å². The third-order valence-electron chi connectivity index (χ3n) is 4.79. The molecular weight excluding hydrogens is 402 g/mol. The molecule has 0 saturated carbocycles. The lowest BCUT2D eigenvalue weighted by Crippen LogP contribution is -2.44. The van der Waals surface area contributed by atoms with E-state index >= 15 is 0 Å². The van der Waals surface area contributed by atoms with Gasteiger partial charge in [-0.1, -0.05) is 0 Å². The summed E-state index contributed by atoms with van der Waals surface area (Å²) >= 11 is 0. The molecule has 1 aromatic carbocycles. The molecule has 31 heavy (non-hydrogen) atoms. The van der Waals surface area contributed by atoms with Crippen LogP contribution < -0.4 is 9.64 Å². The van der Waals surface area contributed by atoms with Crippen LogP contribution in [-0.4, -0.2) is 89.8 Å². The Morgan fingerprint density at radius 2 is 1.71 bits per heavy atom. The molecule has 0 aromatic heterocycles. The number of benzene rings is 1. The number of rotatable bonds is 11. The molecule has 9 nitrogen and oxygen atoms in total. The van der Waals surface area contributed by atoms with Gasteiger partial charge in [0, 0.05) is 45.6 Å². The highest BCUT2D eigenvalue weighted by atomic mass is 16.6. The minimum absolute atomic E-state index is 0.166. The predicted molar refractivity (Wildman–Crippen MR) is 118 cm³/mol. The largest absolute Gasteiger partial charge is 0.489 e. The number of methoxy groups -OCH3 is 1. The van der Waals surface area contributed by atoms with Crippen molar-refractivity contribution in [1.29, 1.82) is 0 Å². The van der Waals surface area contributed by atoms with Gasteiger partial charge in [-0.2, -0.15) is 0 Å². The van der Waals surface area contributed by atoms with Crippen molar-refractivity contribution in [3.05, 3.63) is 18.2 Å². The second kappa shape index (κ2) is 12.9. The molecule has 1 heterocycles. The molecule has 1 aliphatic rings. The van der Waals surface area contributed by atoms with E-state index in [2.05, 4.69) is 21.8 Å². The zero-order chi connectivity index (χ0) is 22.6. The molecule has 9 heteroatoms. The number of ether oxygens (including phenoxy) is 4. The number of piperazine rings is 1. The van der Waals surface area contributed by atoms with E-state index in [1.807, 2.05) is 12.1 Å². The maximum atomic E-state index is 12.1. The molecule has 0 amide bonds. The summed E-state index contributed by atoms with van der Waals surface area (Å²) in [5.74, 6) is -1.90. The van der Waals surface area contributed by atoms with Gasteiger partial charge in [-0.3, -0.25) is 14.6 Å². The summed E-state index contributed by atoms with van der Waals surface area (Å²) in [5, 5.41) is 0. The van der Waals surface area contributed by atoms with Crippen LogP contribution in [0, 0.1) is 5.92 Å². The number of carbonyl (C=O) groups excluding carboxylic acids is 2. The highest BCUT2D eigenvalue weighted by molar-refractivity contribution is 6.09. The monoisotopic (exact) mass is 435 g/mol. The maximum Gasteiger partial charge on any atom is 0.325 e. The predicted octanol–water partition coefficient (Wildman–Crippen LogP) is 1.91. The summed E-state index contributed by atoms with van der Waals surface area (Å²) < 4.78 is 21.0. The number of likely N-dealkylation sites (N-methyl/N-ethyl adjacent to an activating group) is 1. The van der Waals surface area contributed by atoms with Crippen LogP contribution in [0.1, 0.15) is 13.8 Å². The van der Waals surface area contributed by atoms with E-state index in [1.54, 1.807) is 27.0 Å². The molecule has 0 atom stereocenters. The lowest BCUT2D eigenvalue weighted by atomic mass is 10.1. The van der Waals surface area contributed by atoms with Crippen LogP contribution in [0.25, 0.3) is 0 Å². The Hall–Kier alpha value is -2.65. The van der Waals surface area contributed by atoms with Gasteiger partial charge in [0.2, 0.25) is 0 Å². The Labute approximate surface area is 183 Å². The van der Waals surface area contributed by atoms with Crippen LogP contribution >= 0.6 is 0 Å². The number of esters is 2. The highest BCUT2D eigenvalue weighted by Gasteiger charge is 2.28. The first-order valence-corrected chi connectivity index (χ1v) is 10.6. The number of aliphatic imine (C=N–C) groups is 1. The fraction of sp³-hybridized carbons (Fsp3) is 0.591. The molecule has 0 unspecified atom stereocenters. The zero-order valence-corrected chi connectivity index (χ0v) is 18.8. The molecule has 0 bridgehead atoms. The van der Waals surface area contributed by atoms with Gasteiger partial charge in [0.25, 0.3) is 0 Å². The van der Waals surface area contributed by atoms with E-state index in [0.29, 0.717) is 24.7 Å². The van der Waals surface area contributed by atoms with Gasteiger partial charge in [0.15, 0.2) is 5.92 Å². The highest BCUT2D eigenvalue weighted by Crippen LogP contribution is 2.33. The molecule has 1 fully saturated rings. The van der Waals surface area contributed by atoms with E-state index < -0.39 is 17.9 Å². The third kappa shape index (κ3) is 7.52. The zero-order valence-electron chi connectivity index (χ0n) is 18.8. The van der Waals surface area contributed by atoms with Crippen molar-refractivity contribution in [2.75, 3.05) is 71.7 Å². The first-order valence-electron chi connectivity index (χ1n) is 10.6. The second-order valence-electron chi connectivity index (χ2n) is 7.04. The number of hydrogen-bond donors (Lipinski definition) is 0. The Balaban J connectivity index is 2.24. The summed E-state index contributed by atoms with van der Waals surface area (Å²) in [4.78, 5) is 33.2. The number of anilines is 1. The molecule has 1 saturated heterocycles. The summed E-state index contributed by atoms with van der Waals surface area (Å²) in [6.07, 6.45) is 1.26. The third-order valence-corrected chi connectivity index (χ3v) is 4.79. The summed E-state index contributed by atoms with van der Waals surface area (Å²) in [6.45, 7) is 8.29. The average molecular weight is 436 g/mol. The minimum Gasteiger partial charge on any atom is -0.489 e. The normalized spacial score (nSPS) is 14.8. The topological polar surface area (TPSA) is 89.9 Å². The molecule has 0 spiro atoms. The van der Waals surface area contributed by atoms with Crippen LogP contribution in [0.4, 0.5) is 11.4 Å². The molecule has 1 aromatic rings. The van der Waals surface area contributed by atoms with Crippen molar-refractivity contribution >= 4 is 29.5 Å². The van der Waals surface area contributed by atoms with Gasteiger partial charge >= 0.3 is 11.9 Å². The average Bonchev–Trinajstić information content (AvgIpc) is 2.75. The summed E-state index contributed by atoms with van der Waals surface area (Å²) in [7, 11) is 3.73. The van der Waals surface area contributed by atoms with Crippen LogP contribution in [0.5, 0.6) is 5.75 Å². The quantitative estimate of drug-likeness (QED) is 0.225. The maximum absolute atomic E-state index is 12.1. The fourth-order valence-corrected chi connectivity index (χ4v) is 3.08. The van der Waals surface area contributed by atoms with Gasteiger partial charge in [0.1, 0.15) is 12.4 Å². The lowest BCUT2D eigenvalue weighted by Gasteiger charge is -2.34. The van der Waals surface area contributed by atoms with Crippen LogP contribution in [0.3, 0.4) is 0 Å². The summed E-state index contributed by atoms with van der Waals surface area (Å²) in [6, 6.07) is 5.58. The smallest absolute Gasteiger partial charge is 0.325 e. The molecule has 172 valence electrons. The fourth-order valence-electron chi connectivity index (χ4n) is 3.08. The Kier molecular flexibility index (Phi) is 10.3. The molecule has 0 radical (unpaired) electrons.